The molecule has 0 radical (unpaired) electrons. The molecule has 1 atom stereocenters. The molecule has 1 amide bonds. The van der Waals surface area contributed by atoms with Crippen LogP contribution >= 0.6 is 11.8 Å². The number of benzene rings is 3. The Morgan fingerprint density at radius 2 is 1.65 bits per heavy atom. The van der Waals surface area contributed by atoms with Gasteiger partial charge >= 0.3 is 0 Å². The minimum absolute atomic E-state index is 0.115. The van der Waals surface area contributed by atoms with E-state index in [-0.39, 0.29) is 11.5 Å². The van der Waals surface area contributed by atoms with Crippen LogP contribution in [0.5, 0.6) is 5.75 Å². The van der Waals surface area contributed by atoms with E-state index in [4.69, 9.17) is 4.74 Å². The van der Waals surface area contributed by atoms with Crippen LogP contribution < -0.4 is 4.74 Å². The van der Waals surface area contributed by atoms with Gasteiger partial charge in [0, 0.05) is 35.8 Å². The summed E-state index contributed by atoms with van der Waals surface area (Å²) in [6.45, 7) is 5.35. The van der Waals surface area contributed by atoms with E-state index in [1.54, 1.807) is 22.7 Å². The second kappa shape index (κ2) is 13.6. The molecule has 0 unspecified atom stereocenters. The maximum absolute atomic E-state index is 14.5. The fourth-order valence-electron chi connectivity index (χ4n) is 4.60. The van der Waals surface area contributed by atoms with E-state index in [0.29, 0.717) is 25.4 Å². The van der Waals surface area contributed by atoms with E-state index in [2.05, 4.69) is 37.1 Å². The molecule has 37 heavy (non-hydrogen) atoms. The second-order valence-corrected chi connectivity index (χ2v) is 10.8. The molecule has 4 nitrogen and oxygen atoms in total. The van der Waals surface area contributed by atoms with E-state index in [0.717, 1.165) is 30.2 Å². The number of rotatable bonds is 7. The first-order valence-corrected chi connectivity index (χ1v) is 14.2. The number of halogens is 1. The number of nitrogens with zero attached hydrogens (tertiary/aromatic N) is 2. The third-order valence-corrected chi connectivity index (χ3v) is 8.16. The Morgan fingerprint density at radius 3 is 2.27 bits per heavy atom. The lowest BCUT2D eigenvalue weighted by Gasteiger charge is -2.16. The average Bonchev–Trinajstić information content (AvgIpc) is 3.59. The van der Waals surface area contributed by atoms with Gasteiger partial charge in [-0.15, -0.1) is 11.8 Å². The van der Waals surface area contributed by atoms with E-state index in [9.17, 15) is 9.18 Å². The lowest BCUT2D eigenvalue weighted by atomic mass is 10.1. The van der Waals surface area contributed by atoms with Crippen LogP contribution in [0.25, 0.3) is 0 Å². The van der Waals surface area contributed by atoms with Crippen molar-refractivity contribution < 1.29 is 13.9 Å². The number of amides is 1. The first-order valence-electron chi connectivity index (χ1n) is 13.2. The summed E-state index contributed by atoms with van der Waals surface area (Å²) in [5, 5.41) is 0. The van der Waals surface area contributed by atoms with Gasteiger partial charge in [0.25, 0.3) is 5.91 Å². The van der Waals surface area contributed by atoms with Crippen LogP contribution in [0, 0.1) is 5.82 Å². The van der Waals surface area contributed by atoms with E-state index in [1.807, 2.05) is 36.4 Å². The van der Waals surface area contributed by atoms with Gasteiger partial charge in [-0.25, -0.2) is 4.39 Å². The molecule has 5 rings (SSSR count). The highest BCUT2D eigenvalue weighted by atomic mass is 32.2. The van der Waals surface area contributed by atoms with Crippen molar-refractivity contribution in [1.29, 1.82) is 0 Å². The predicted molar refractivity (Wildman–Crippen MR) is 150 cm³/mol. The van der Waals surface area contributed by atoms with Crippen LogP contribution in [-0.4, -0.2) is 48.4 Å². The van der Waals surface area contributed by atoms with Gasteiger partial charge in [-0.05, 0) is 81.6 Å². The SMILES string of the molecule is C[C@@H]1CCCN1C.O=C(c1ccc(OCc2ccccc2CSc2ccccc2)cc1F)N1CCCC1. The zero-order chi connectivity index (χ0) is 26.0. The maximum atomic E-state index is 14.5. The Morgan fingerprint density at radius 1 is 0.946 bits per heavy atom. The largest absolute Gasteiger partial charge is 0.489 e. The monoisotopic (exact) mass is 520 g/mol. The van der Waals surface area contributed by atoms with Gasteiger partial charge in [0.1, 0.15) is 18.2 Å². The van der Waals surface area contributed by atoms with Gasteiger partial charge in [0.05, 0.1) is 5.56 Å². The van der Waals surface area contributed by atoms with E-state index < -0.39 is 5.82 Å². The second-order valence-electron chi connectivity index (χ2n) is 9.77. The van der Waals surface area contributed by atoms with Gasteiger partial charge in [0.2, 0.25) is 0 Å². The molecule has 0 aromatic heterocycles. The number of hydrogen-bond acceptors (Lipinski definition) is 4. The molecule has 2 aliphatic heterocycles. The number of thioether (sulfide) groups is 1. The van der Waals surface area contributed by atoms with Crippen LogP contribution in [-0.2, 0) is 12.4 Å². The third kappa shape index (κ3) is 7.83. The molecule has 6 heteroatoms. The summed E-state index contributed by atoms with van der Waals surface area (Å²) in [5.74, 6) is 0.495. The van der Waals surface area contributed by atoms with Crippen LogP contribution in [0.15, 0.2) is 77.7 Å². The molecule has 2 aliphatic rings. The first-order chi connectivity index (χ1) is 18.0. The Hall–Kier alpha value is -2.83. The van der Waals surface area contributed by atoms with E-state index >= 15 is 0 Å². The topological polar surface area (TPSA) is 32.8 Å². The Bertz CT molecular complexity index is 1140. The lowest BCUT2D eigenvalue weighted by molar-refractivity contribution is 0.0788. The molecular formula is C31H37FN2O2S. The van der Waals surface area contributed by atoms with Crippen LogP contribution in [0.3, 0.4) is 0 Å². The number of ether oxygens (including phenoxy) is 1. The van der Waals surface area contributed by atoms with Crippen molar-refractivity contribution in [3.8, 4) is 5.75 Å². The first kappa shape index (κ1) is 27.2. The number of carbonyl (C=O) groups excluding carboxylic acids is 1. The van der Waals surface area contributed by atoms with Crippen LogP contribution in [0.2, 0.25) is 0 Å². The summed E-state index contributed by atoms with van der Waals surface area (Å²) in [6.07, 6.45) is 4.77. The molecule has 196 valence electrons. The summed E-state index contributed by atoms with van der Waals surface area (Å²) < 4.78 is 20.4. The van der Waals surface area contributed by atoms with Crippen molar-refractivity contribution in [2.45, 2.75) is 55.9 Å². The number of likely N-dealkylation sites (tertiary alicyclic amines) is 2. The summed E-state index contributed by atoms with van der Waals surface area (Å²) in [7, 11) is 2.19. The van der Waals surface area contributed by atoms with Crippen molar-refractivity contribution in [1.82, 2.24) is 9.80 Å². The van der Waals surface area contributed by atoms with Crippen LogP contribution in [0.4, 0.5) is 4.39 Å². The van der Waals surface area contributed by atoms with Gasteiger partial charge < -0.3 is 14.5 Å². The van der Waals surface area contributed by atoms with Crippen molar-refractivity contribution >= 4 is 17.7 Å². The van der Waals surface area contributed by atoms with Gasteiger partial charge in [0.15, 0.2) is 0 Å². The molecule has 0 saturated carbocycles. The summed E-state index contributed by atoms with van der Waals surface area (Å²) in [5.41, 5.74) is 2.37. The average molecular weight is 521 g/mol. The normalized spacial score (nSPS) is 17.4. The number of carbonyl (C=O) groups is 1. The van der Waals surface area contributed by atoms with Gasteiger partial charge in [-0.3, -0.25) is 4.79 Å². The Kier molecular flexibility index (Phi) is 10.0. The minimum atomic E-state index is -0.530. The Labute approximate surface area is 224 Å². The van der Waals surface area contributed by atoms with Crippen molar-refractivity contribution in [3.05, 3.63) is 95.3 Å². The van der Waals surface area contributed by atoms with Crippen LogP contribution in [0.1, 0.15) is 54.1 Å². The molecule has 2 saturated heterocycles. The Balaban J connectivity index is 0.000000396. The van der Waals surface area contributed by atoms with Crippen molar-refractivity contribution in [3.63, 3.8) is 0 Å². The quantitative estimate of drug-likeness (QED) is 0.313. The molecule has 0 N–H and O–H groups in total. The highest BCUT2D eigenvalue weighted by Gasteiger charge is 2.22. The molecule has 0 aliphatic carbocycles. The predicted octanol–water partition coefficient (Wildman–Crippen LogP) is 7.03. The molecular weight excluding hydrogens is 483 g/mol. The summed E-state index contributed by atoms with van der Waals surface area (Å²) in [4.78, 5) is 17.8. The molecule has 0 spiro atoms. The molecule has 2 heterocycles. The zero-order valence-electron chi connectivity index (χ0n) is 21.9. The fraction of sp³-hybridized carbons (Fsp3) is 0.387. The molecule has 3 aromatic carbocycles. The number of hydrogen-bond donors (Lipinski definition) is 0. The maximum Gasteiger partial charge on any atom is 0.256 e. The summed E-state index contributed by atoms with van der Waals surface area (Å²) in [6, 6.07) is 23.7. The molecule has 0 bridgehead atoms. The fourth-order valence-corrected chi connectivity index (χ4v) is 5.56. The minimum Gasteiger partial charge on any atom is -0.489 e. The smallest absolute Gasteiger partial charge is 0.256 e. The summed E-state index contributed by atoms with van der Waals surface area (Å²) >= 11 is 1.77. The molecule has 3 aromatic rings. The lowest BCUT2D eigenvalue weighted by Crippen LogP contribution is -2.28. The zero-order valence-corrected chi connectivity index (χ0v) is 22.7. The van der Waals surface area contributed by atoms with Gasteiger partial charge in [-0.1, -0.05) is 42.5 Å². The molecule has 2 fully saturated rings. The standard InChI is InChI=1S/C25H24FNO2S.C6H13N/c26-24-16-21(12-13-23(24)25(28)27-14-6-7-15-27)29-17-19-8-4-5-9-20(19)18-30-22-10-2-1-3-11-22;1-6-4-3-5-7(6)2/h1-5,8-13,16H,6-7,14-15,17-18H2;6H,3-5H2,1-2H3/t;6-/m.1/s1. The van der Waals surface area contributed by atoms with E-state index in [1.165, 1.54) is 42.0 Å². The highest BCUT2D eigenvalue weighted by molar-refractivity contribution is 7.98. The van der Waals surface area contributed by atoms with Crippen molar-refractivity contribution in [2.24, 2.45) is 0 Å². The van der Waals surface area contributed by atoms with Crippen molar-refractivity contribution in [2.75, 3.05) is 26.7 Å². The van der Waals surface area contributed by atoms with Gasteiger partial charge in [-0.2, -0.15) is 0 Å². The highest BCUT2D eigenvalue weighted by Crippen LogP contribution is 2.26. The third-order valence-electron chi connectivity index (χ3n) is 7.10.